The summed E-state index contributed by atoms with van der Waals surface area (Å²) in [5.74, 6) is -4.81. The third-order valence-electron chi connectivity index (χ3n) is 4.44. The normalized spacial score (nSPS) is 15.8. The van der Waals surface area contributed by atoms with E-state index in [0.717, 1.165) is 0 Å². The summed E-state index contributed by atoms with van der Waals surface area (Å²) in [6.07, 6.45) is 0.0348. The minimum atomic E-state index is -1.36. The second-order valence-electron chi connectivity index (χ2n) is 6.81. The molecular formula is C17H31N5O7S. The van der Waals surface area contributed by atoms with Crippen molar-refractivity contribution in [2.24, 2.45) is 17.4 Å². The first-order valence-corrected chi connectivity index (χ1v) is 10.0. The molecule has 12 nitrogen and oxygen atoms in total. The molecule has 0 rings (SSSR count). The van der Waals surface area contributed by atoms with E-state index < -0.39 is 60.4 Å². The maximum atomic E-state index is 12.7. The lowest BCUT2D eigenvalue weighted by Crippen LogP contribution is -2.59. The number of nitrogens with one attached hydrogen (secondary N) is 3. The Morgan fingerprint density at radius 1 is 1.00 bits per heavy atom. The summed E-state index contributed by atoms with van der Waals surface area (Å²) in [7, 11) is 0. The monoisotopic (exact) mass is 449 g/mol. The third-order valence-corrected chi connectivity index (χ3v) is 4.80. The average molecular weight is 450 g/mol. The number of hydrogen-bond donors (Lipinski definition) is 8. The van der Waals surface area contributed by atoms with Crippen molar-refractivity contribution >= 4 is 42.2 Å². The second-order valence-corrected chi connectivity index (χ2v) is 7.17. The zero-order valence-corrected chi connectivity index (χ0v) is 17.9. The number of carbonyl (C=O) groups is 5. The van der Waals surface area contributed by atoms with Gasteiger partial charge in [-0.25, -0.2) is 4.79 Å². The van der Waals surface area contributed by atoms with Crippen molar-refractivity contribution in [3.63, 3.8) is 0 Å². The number of aliphatic hydroxyl groups excluding tert-OH is 1. The molecule has 0 saturated heterocycles. The molecule has 0 aromatic heterocycles. The van der Waals surface area contributed by atoms with Crippen LogP contribution >= 0.6 is 12.6 Å². The maximum absolute atomic E-state index is 12.7. The van der Waals surface area contributed by atoms with Gasteiger partial charge in [-0.3, -0.25) is 19.2 Å². The van der Waals surface area contributed by atoms with E-state index in [0.29, 0.717) is 6.42 Å². The number of nitrogens with two attached hydrogens (primary N) is 2. The van der Waals surface area contributed by atoms with Gasteiger partial charge in [0.2, 0.25) is 23.6 Å². The van der Waals surface area contributed by atoms with Crippen molar-refractivity contribution in [2.75, 3.05) is 12.4 Å². The summed E-state index contributed by atoms with van der Waals surface area (Å²) >= 11 is 4.00. The van der Waals surface area contributed by atoms with E-state index in [1.165, 1.54) is 0 Å². The fraction of sp³-hybridized carbons (Fsp3) is 0.706. The molecule has 0 aromatic carbocycles. The van der Waals surface area contributed by atoms with Gasteiger partial charge in [0.1, 0.15) is 24.2 Å². The van der Waals surface area contributed by atoms with Crippen LogP contribution in [0.3, 0.4) is 0 Å². The molecule has 4 amide bonds. The Kier molecular flexibility index (Phi) is 12.7. The van der Waals surface area contributed by atoms with Gasteiger partial charge < -0.3 is 37.6 Å². The van der Waals surface area contributed by atoms with Gasteiger partial charge in [0.15, 0.2) is 0 Å². The van der Waals surface area contributed by atoms with Crippen molar-refractivity contribution in [3.8, 4) is 0 Å². The zero-order chi connectivity index (χ0) is 23.4. The average Bonchev–Trinajstić information content (AvgIpc) is 2.70. The zero-order valence-electron chi connectivity index (χ0n) is 17.0. The van der Waals surface area contributed by atoms with E-state index in [-0.39, 0.29) is 24.5 Å². The lowest BCUT2D eigenvalue weighted by atomic mass is 9.97. The molecule has 0 aliphatic heterocycles. The molecule has 0 saturated carbocycles. The predicted octanol–water partition coefficient (Wildman–Crippen LogP) is -2.91. The minimum absolute atomic E-state index is 0.110. The highest BCUT2D eigenvalue weighted by molar-refractivity contribution is 7.80. The maximum Gasteiger partial charge on any atom is 0.326 e. The Bertz CT molecular complexity index is 634. The van der Waals surface area contributed by atoms with E-state index in [9.17, 15) is 29.1 Å². The summed E-state index contributed by atoms with van der Waals surface area (Å²) in [6.45, 7) is 2.84. The Morgan fingerprint density at radius 2 is 1.57 bits per heavy atom. The molecule has 30 heavy (non-hydrogen) atoms. The van der Waals surface area contributed by atoms with E-state index in [1.807, 2.05) is 0 Å². The van der Waals surface area contributed by atoms with E-state index in [4.69, 9.17) is 16.6 Å². The van der Waals surface area contributed by atoms with E-state index in [1.54, 1.807) is 13.8 Å². The molecular weight excluding hydrogens is 418 g/mol. The summed E-state index contributed by atoms with van der Waals surface area (Å²) in [5, 5.41) is 25.3. The van der Waals surface area contributed by atoms with Crippen LogP contribution in [0.4, 0.5) is 0 Å². The van der Waals surface area contributed by atoms with Crippen molar-refractivity contribution in [2.45, 2.75) is 57.3 Å². The van der Waals surface area contributed by atoms with Gasteiger partial charge in [0, 0.05) is 12.2 Å². The van der Waals surface area contributed by atoms with Crippen LogP contribution in [0.2, 0.25) is 0 Å². The van der Waals surface area contributed by atoms with Crippen LogP contribution in [0.25, 0.3) is 0 Å². The van der Waals surface area contributed by atoms with Crippen LogP contribution in [0.1, 0.15) is 33.1 Å². The highest BCUT2D eigenvalue weighted by Gasteiger charge is 2.32. The molecule has 0 bridgehead atoms. The van der Waals surface area contributed by atoms with E-state index >= 15 is 0 Å². The Morgan fingerprint density at radius 3 is 2.00 bits per heavy atom. The van der Waals surface area contributed by atoms with Crippen LogP contribution in [0.5, 0.6) is 0 Å². The molecule has 0 spiro atoms. The summed E-state index contributed by atoms with van der Waals surface area (Å²) in [4.78, 5) is 59.3. The SMILES string of the molecule is CCC(C)C(NC(=O)C(CS)NC(=O)C(N)CO)C(=O)NC(CCC(N)=O)C(=O)O. The number of carboxylic acids is 1. The summed E-state index contributed by atoms with van der Waals surface area (Å²) in [5.41, 5.74) is 10.4. The molecule has 0 fully saturated rings. The summed E-state index contributed by atoms with van der Waals surface area (Å²) < 4.78 is 0. The van der Waals surface area contributed by atoms with Crippen molar-refractivity contribution in [1.82, 2.24) is 16.0 Å². The predicted molar refractivity (Wildman–Crippen MR) is 110 cm³/mol. The fourth-order valence-corrected chi connectivity index (χ4v) is 2.57. The number of carbonyl (C=O) groups excluding carboxylic acids is 4. The van der Waals surface area contributed by atoms with Gasteiger partial charge in [-0.1, -0.05) is 20.3 Å². The van der Waals surface area contributed by atoms with Gasteiger partial charge in [-0.05, 0) is 12.3 Å². The first-order valence-electron chi connectivity index (χ1n) is 9.37. The van der Waals surface area contributed by atoms with Crippen LogP contribution < -0.4 is 27.4 Å². The number of primary amides is 1. The molecule has 0 aliphatic rings. The number of hydrogen-bond acceptors (Lipinski definition) is 8. The van der Waals surface area contributed by atoms with Crippen LogP contribution in [0, 0.1) is 5.92 Å². The largest absolute Gasteiger partial charge is 0.480 e. The molecule has 0 aliphatic carbocycles. The molecule has 13 heteroatoms. The number of thiol groups is 1. The second kappa shape index (κ2) is 13.8. The van der Waals surface area contributed by atoms with Crippen molar-refractivity contribution < 1.29 is 34.2 Å². The first-order chi connectivity index (χ1) is 14.0. The minimum Gasteiger partial charge on any atom is -0.480 e. The molecule has 0 aromatic rings. The van der Waals surface area contributed by atoms with Gasteiger partial charge in [-0.2, -0.15) is 12.6 Å². The van der Waals surface area contributed by atoms with Crippen molar-refractivity contribution in [1.29, 1.82) is 0 Å². The standard InChI is InChI=1S/C17H31N5O7S/c1-3-8(2)13(16(27)20-10(17(28)29)4-5-12(19)24)22-15(26)11(7-30)21-14(25)9(18)6-23/h8-11,13,23,30H,3-7,18H2,1-2H3,(H2,19,24)(H,20,27)(H,21,25)(H,22,26)(H,28,29). The first kappa shape index (κ1) is 27.6. The Hall–Kier alpha value is -2.38. The topological polar surface area (TPSA) is 214 Å². The third kappa shape index (κ3) is 9.41. The van der Waals surface area contributed by atoms with Gasteiger partial charge >= 0.3 is 5.97 Å². The van der Waals surface area contributed by atoms with Crippen LogP contribution in [-0.2, 0) is 24.0 Å². The number of rotatable bonds is 14. The number of aliphatic carboxylic acids is 1. The van der Waals surface area contributed by atoms with Gasteiger partial charge in [0.25, 0.3) is 0 Å². The van der Waals surface area contributed by atoms with Gasteiger partial charge in [0.05, 0.1) is 6.61 Å². The van der Waals surface area contributed by atoms with Crippen LogP contribution in [-0.4, -0.2) is 76.3 Å². The van der Waals surface area contributed by atoms with Gasteiger partial charge in [-0.15, -0.1) is 0 Å². The van der Waals surface area contributed by atoms with Crippen molar-refractivity contribution in [3.05, 3.63) is 0 Å². The molecule has 9 N–H and O–H groups in total. The highest BCUT2D eigenvalue weighted by Crippen LogP contribution is 2.10. The highest BCUT2D eigenvalue weighted by atomic mass is 32.1. The number of amides is 4. The molecule has 0 radical (unpaired) electrons. The smallest absolute Gasteiger partial charge is 0.326 e. The lowest BCUT2D eigenvalue weighted by Gasteiger charge is -2.27. The van der Waals surface area contributed by atoms with E-state index in [2.05, 4.69) is 28.6 Å². The number of aliphatic hydroxyl groups is 1. The molecule has 0 heterocycles. The summed E-state index contributed by atoms with van der Waals surface area (Å²) in [6, 6.07) is -4.83. The van der Waals surface area contributed by atoms with Crippen LogP contribution in [0.15, 0.2) is 0 Å². The quantitative estimate of drug-likeness (QED) is 0.128. The Balaban J connectivity index is 5.31. The molecule has 5 atom stereocenters. The Labute approximate surface area is 179 Å². The fourth-order valence-electron chi connectivity index (χ4n) is 2.32. The lowest BCUT2D eigenvalue weighted by molar-refractivity contribution is -0.143. The molecule has 172 valence electrons. The molecule has 5 unspecified atom stereocenters. The number of carboxylic acid groups (broad SMARTS) is 1.